The molecule has 9 heteroatoms. The molecule has 0 amide bonds. The number of benzene rings is 3. The van der Waals surface area contributed by atoms with Gasteiger partial charge in [0, 0.05) is 37.0 Å². The van der Waals surface area contributed by atoms with Crippen LogP contribution in [0.25, 0.3) is 11.1 Å². The summed E-state index contributed by atoms with van der Waals surface area (Å²) in [7, 11) is 3.30. The Hall–Kier alpha value is -5.02. The molecule has 0 unspecified atom stereocenters. The summed E-state index contributed by atoms with van der Waals surface area (Å²) in [5, 5.41) is 0. The quantitative estimate of drug-likeness (QED) is 0.0705. The number of methoxy groups -OCH3 is 2. The molecule has 0 saturated carbocycles. The number of rotatable bonds is 17. The van der Waals surface area contributed by atoms with E-state index in [1.165, 1.54) is 0 Å². The van der Waals surface area contributed by atoms with Crippen LogP contribution in [0.5, 0.6) is 11.5 Å². The molecule has 0 radical (unpaired) electrons. The highest BCUT2D eigenvalue weighted by molar-refractivity contribution is 5.81. The molecule has 0 bridgehead atoms. The summed E-state index contributed by atoms with van der Waals surface area (Å²) in [5.41, 5.74) is 3.52. The highest BCUT2D eigenvalue weighted by Crippen LogP contribution is 2.22. The molecule has 0 saturated heterocycles. The number of carbonyl (C=O) groups excluding carboxylic acids is 4. The van der Waals surface area contributed by atoms with E-state index in [9.17, 15) is 19.2 Å². The van der Waals surface area contributed by atoms with E-state index in [0.29, 0.717) is 37.6 Å². The van der Waals surface area contributed by atoms with Crippen LogP contribution in [0.2, 0.25) is 0 Å². The largest absolute Gasteiger partial charge is 0.497 e. The lowest BCUT2D eigenvalue weighted by atomic mass is 10.0. The Balaban J connectivity index is 0.000000348. The van der Waals surface area contributed by atoms with Crippen LogP contribution in [0.1, 0.15) is 46.4 Å². The van der Waals surface area contributed by atoms with Crippen LogP contribution >= 0.6 is 0 Å². The number of esters is 2. The summed E-state index contributed by atoms with van der Waals surface area (Å²) in [6, 6.07) is 22.2. The normalized spacial score (nSPS) is 9.56. The number of hydrogen-bond acceptors (Lipinski definition) is 9. The average Bonchev–Trinajstić information content (AvgIpc) is 3.10. The molecular formula is C36H42O9. The summed E-state index contributed by atoms with van der Waals surface area (Å²) in [5.74, 6) is 0.805. The molecule has 0 fully saturated rings. The fourth-order valence-electron chi connectivity index (χ4n) is 3.39. The Bertz CT molecular complexity index is 1280. The van der Waals surface area contributed by atoms with E-state index in [4.69, 9.17) is 23.7 Å². The van der Waals surface area contributed by atoms with E-state index >= 15 is 0 Å². The molecule has 0 heterocycles. The molecule has 0 aliphatic heterocycles. The first-order valence-corrected chi connectivity index (χ1v) is 14.4. The molecule has 0 N–H and O–H groups in total. The van der Waals surface area contributed by atoms with Gasteiger partial charge in [-0.25, -0.2) is 9.59 Å². The minimum Gasteiger partial charge on any atom is -0.497 e. The van der Waals surface area contributed by atoms with E-state index < -0.39 is 5.97 Å². The van der Waals surface area contributed by atoms with E-state index in [0.717, 1.165) is 73.0 Å². The van der Waals surface area contributed by atoms with E-state index in [2.05, 4.69) is 13.2 Å². The zero-order valence-electron chi connectivity index (χ0n) is 26.0. The molecule has 3 aromatic rings. The first-order valence-electron chi connectivity index (χ1n) is 14.4. The SMILES string of the molecule is C=CC(=O)OCCCCOC.C=CC(=O)OCCCCOc1ccc(C=O)cc1.COc1ccc(-c2ccc(C=O)cc2)cc1. The smallest absolute Gasteiger partial charge is 0.330 e. The lowest BCUT2D eigenvalue weighted by Crippen LogP contribution is -2.04. The maximum atomic E-state index is 10.7. The fourth-order valence-corrected chi connectivity index (χ4v) is 3.39. The number of hydrogen-bond donors (Lipinski definition) is 0. The van der Waals surface area contributed by atoms with Crippen molar-refractivity contribution in [3.8, 4) is 22.6 Å². The number of aldehydes is 2. The Morgan fingerprint density at radius 2 is 0.978 bits per heavy atom. The maximum Gasteiger partial charge on any atom is 0.330 e. The number of unbranched alkanes of at least 4 members (excludes halogenated alkanes) is 2. The van der Waals surface area contributed by atoms with Crippen LogP contribution in [0, 0.1) is 0 Å². The lowest BCUT2D eigenvalue weighted by molar-refractivity contribution is -0.138. The third-order valence-corrected chi connectivity index (χ3v) is 5.86. The van der Waals surface area contributed by atoms with E-state index in [-0.39, 0.29) is 5.97 Å². The van der Waals surface area contributed by atoms with Gasteiger partial charge in [-0.3, -0.25) is 9.59 Å². The van der Waals surface area contributed by atoms with Crippen LogP contribution in [-0.4, -0.2) is 65.2 Å². The highest BCUT2D eigenvalue weighted by Gasteiger charge is 1.99. The van der Waals surface area contributed by atoms with Gasteiger partial charge in [-0.1, -0.05) is 49.6 Å². The third-order valence-electron chi connectivity index (χ3n) is 5.86. The lowest BCUT2D eigenvalue weighted by Gasteiger charge is -2.06. The Labute approximate surface area is 265 Å². The predicted molar refractivity (Wildman–Crippen MR) is 174 cm³/mol. The molecule has 3 rings (SSSR count). The molecule has 0 atom stereocenters. The van der Waals surface area contributed by atoms with Gasteiger partial charge in [-0.2, -0.15) is 0 Å². The second-order valence-corrected chi connectivity index (χ2v) is 9.15. The second-order valence-electron chi connectivity index (χ2n) is 9.15. The molecule has 0 aliphatic rings. The van der Waals surface area contributed by atoms with Gasteiger partial charge in [0.1, 0.15) is 24.1 Å². The van der Waals surface area contributed by atoms with Crippen LogP contribution in [0.15, 0.2) is 98.1 Å². The van der Waals surface area contributed by atoms with Gasteiger partial charge >= 0.3 is 11.9 Å². The van der Waals surface area contributed by atoms with Crippen LogP contribution < -0.4 is 9.47 Å². The monoisotopic (exact) mass is 618 g/mol. The van der Waals surface area contributed by atoms with Crippen molar-refractivity contribution in [2.24, 2.45) is 0 Å². The minimum absolute atomic E-state index is 0.359. The molecule has 45 heavy (non-hydrogen) atoms. The average molecular weight is 619 g/mol. The highest BCUT2D eigenvalue weighted by atomic mass is 16.5. The van der Waals surface area contributed by atoms with Crippen molar-refractivity contribution < 1.29 is 42.9 Å². The van der Waals surface area contributed by atoms with Crippen molar-refractivity contribution in [1.82, 2.24) is 0 Å². The summed E-state index contributed by atoms with van der Waals surface area (Å²) >= 11 is 0. The summed E-state index contributed by atoms with van der Waals surface area (Å²) in [4.78, 5) is 42.2. The molecule has 0 spiro atoms. The van der Waals surface area contributed by atoms with Gasteiger partial charge in [-0.05, 0) is 73.2 Å². The van der Waals surface area contributed by atoms with Crippen molar-refractivity contribution in [3.63, 3.8) is 0 Å². The van der Waals surface area contributed by atoms with Crippen molar-refractivity contribution in [2.75, 3.05) is 40.6 Å². The molecule has 9 nitrogen and oxygen atoms in total. The van der Waals surface area contributed by atoms with Gasteiger partial charge < -0.3 is 23.7 Å². The summed E-state index contributed by atoms with van der Waals surface area (Å²) in [6.45, 7) is 8.67. The number of ether oxygens (including phenoxy) is 5. The second kappa shape index (κ2) is 24.4. The zero-order chi connectivity index (χ0) is 33.1. The summed E-state index contributed by atoms with van der Waals surface area (Å²) in [6.07, 6.45) is 7.23. The van der Waals surface area contributed by atoms with Crippen LogP contribution in [0.3, 0.4) is 0 Å². The van der Waals surface area contributed by atoms with E-state index in [1.54, 1.807) is 38.5 Å². The van der Waals surface area contributed by atoms with Crippen molar-refractivity contribution in [1.29, 1.82) is 0 Å². The predicted octanol–water partition coefficient (Wildman–Crippen LogP) is 6.70. The van der Waals surface area contributed by atoms with Gasteiger partial charge in [0.25, 0.3) is 0 Å². The van der Waals surface area contributed by atoms with Crippen LogP contribution in [0.4, 0.5) is 0 Å². The molecule has 240 valence electrons. The third kappa shape index (κ3) is 17.6. The van der Waals surface area contributed by atoms with E-state index in [1.807, 2.05) is 48.5 Å². The van der Waals surface area contributed by atoms with Gasteiger partial charge in [-0.15, -0.1) is 0 Å². The van der Waals surface area contributed by atoms with Crippen molar-refractivity contribution in [3.05, 3.63) is 109 Å². The van der Waals surface area contributed by atoms with Gasteiger partial charge in [0.2, 0.25) is 0 Å². The van der Waals surface area contributed by atoms with Crippen molar-refractivity contribution in [2.45, 2.75) is 25.7 Å². The topological polar surface area (TPSA) is 114 Å². The first kappa shape index (κ1) is 38.0. The number of carbonyl (C=O) groups is 4. The van der Waals surface area contributed by atoms with Gasteiger partial charge in [0.15, 0.2) is 0 Å². The molecule has 3 aromatic carbocycles. The molecule has 0 aliphatic carbocycles. The Morgan fingerprint density at radius 1 is 0.578 bits per heavy atom. The fraction of sp³-hybridized carbons (Fsp3) is 0.278. The first-order chi connectivity index (χ1) is 21.9. The van der Waals surface area contributed by atoms with Crippen molar-refractivity contribution >= 4 is 24.5 Å². The molecular weight excluding hydrogens is 576 g/mol. The maximum absolute atomic E-state index is 10.7. The van der Waals surface area contributed by atoms with Crippen LogP contribution in [-0.2, 0) is 23.8 Å². The molecule has 0 aromatic heterocycles. The van der Waals surface area contributed by atoms with Gasteiger partial charge in [0.05, 0.1) is 26.9 Å². The minimum atomic E-state index is -0.402. The summed E-state index contributed by atoms with van der Waals surface area (Å²) < 4.78 is 24.9. The standard InChI is InChI=1S/C14H16O4.C14H12O2.C8H14O3/c1-2-14(16)18-10-4-3-9-17-13-7-5-12(11-15)6-8-13;1-16-14-8-6-13(7-9-14)12-4-2-11(10-15)3-5-12;1-3-8(9)11-7-5-4-6-10-2/h2,5-8,11H,1,3-4,9-10H2;2-10H,1H3;3H,1,4-7H2,2H3. The Kier molecular flexibility index (Phi) is 20.6. The Morgan fingerprint density at radius 3 is 1.40 bits per heavy atom. The zero-order valence-corrected chi connectivity index (χ0v) is 26.0.